The second-order valence-corrected chi connectivity index (χ2v) is 10.2. The van der Waals surface area contributed by atoms with Crippen molar-refractivity contribution in [2.24, 2.45) is 0 Å². The number of thioether (sulfide) groups is 1. The van der Waals surface area contributed by atoms with Gasteiger partial charge in [-0.2, -0.15) is 0 Å². The summed E-state index contributed by atoms with van der Waals surface area (Å²) in [5, 5.41) is 8.79. The number of aliphatic carboxylic acids is 1. The van der Waals surface area contributed by atoms with Gasteiger partial charge < -0.3 is 18.7 Å². The smallest absolute Gasteiger partial charge is 0.341 e. The van der Waals surface area contributed by atoms with Crippen LogP contribution in [0.15, 0.2) is 117 Å². The third-order valence-corrected chi connectivity index (χ3v) is 7.10. The van der Waals surface area contributed by atoms with Crippen LogP contribution >= 0.6 is 11.8 Å². The molecule has 3 aromatic carbocycles. The van der Waals surface area contributed by atoms with Crippen molar-refractivity contribution in [2.75, 3.05) is 12.4 Å². The summed E-state index contributed by atoms with van der Waals surface area (Å²) in [4.78, 5) is 11.8. The van der Waals surface area contributed by atoms with Gasteiger partial charge in [0.2, 0.25) is 0 Å². The van der Waals surface area contributed by atoms with E-state index in [1.54, 1.807) is 23.9 Å². The lowest BCUT2D eigenvalue weighted by Crippen LogP contribution is -2.09. The van der Waals surface area contributed by atoms with Crippen LogP contribution in [0.25, 0.3) is 28.2 Å². The highest BCUT2D eigenvalue weighted by atomic mass is 32.2. The first-order valence-corrected chi connectivity index (χ1v) is 13.6. The lowest BCUT2D eigenvalue weighted by atomic mass is 9.95. The summed E-state index contributed by atoms with van der Waals surface area (Å²) < 4.78 is 16.8. The van der Waals surface area contributed by atoms with Gasteiger partial charge in [0, 0.05) is 21.8 Å². The van der Waals surface area contributed by atoms with E-state index < -0.39 is 5.97 Å². The minimum atomic E-state index is -0.995. The highest BCUT2D eigenvalue weighted by Crippen LogP contribution is 2.31. The molecule has 0 bridgehead atoms. The summed E-state index contributed by atoms with van der Waals surface area (Å²) in [6.45, 7) is 3.54. The van der Waals surface area contributed by atoms with Crippen molar-refractivity contribution in [3.8, 4) is 28.4 Å². The Hall–Kier alpha value is -4.42. The van der Waals surface area contributed by atoms with Gasteiger partial charge in [-0.1, -0.05) is 54.6 Å². The summed E-state index contributed by atoms with van der Waals surface area (Å²) in [6, 6.07) is 32.2. The number of benzene rings is 3. The largest absolute Gasteiger partial charge is 0.482 e. The van der Waals surface area contributed by atoms with Crippen LogP contribution < -0.4 is 4.74 Å². The van der Waals surface area contributed by atoms with E-state index in [1.165, 1.54) is 0 Å². The average molecular weight is 537 g/mol. The van der Waals surface area contributed by atoms with Crippen molar-refractivity contribution < 1.29 is 23.5 Å². The molecule has 0 amide bonds. The monoisotopic (exact) mass is 536 g/mol. The van der Waals surface area contributed by atoms with E-state index in [9.17, 15) is 4.79 Å². The Balaban J connectivity index is 1.38. The maximum Gasteiger partial charge on any atom is 0.341 e. The summed E-state index contributed by atoms with van der Waals surface area (Å²) in [6.07, 6.45) is 2.23. The fourth-order valence-corrected chi connectivity index (χ4v) is 4.98. The SMILES string of the molecule is Cc1ccc(-c2ccc(C(=CCSc3ccc(OCC(=O)O)cc3)c3ccc(-c4ccc(C)o4)cc3)cc2)o1. The summed E-state index contributed by atoms with van der Waals surface area (Å²) in [5.41, 5.74) is 5.43. The topological polar surface area (TPSA) is 72.8 Å². The van der Waals surface area contributed by atoms with Gasteiger partial charge in [0.25, 0.3) is 0 Å². The van der Waals surface area contributed by atoms with Gasteiger partial charge in [0.15, 0.2) is 6.61 Å². The Morgan fingerprint density at radius 2 is 1.26 bits per heavy atom. The van der Waals surface area contributed by atoms with Crippen molar-refractivity contribution in [1.29, 1.82) is 0 Å². The van der Waals surface area contributed by atoms with Crippen molar-refractivity contribution in [2.45, 2.75) is 18.7 Å². The predicted molar refractivity (Wildman–Crippen MR) is 155 cm³/mol. The van der Waals surface area contributed by atoms with Crippen LogP contribution in [-0.4, -0.2) is 23.4 Å². The van der Waals surface area contributed by atoms with Crippen LogP contribution in [0.4, 0.5) is 0 Å². The number of hydrogen-bond acceptors (Lipinski definition) is 5. The van der Waals surface area contributed by atoms with Crippen LogP contribution in [0.3, 0.4) is 0 Å². The molecule has 0 radical (unpaired) electrons. The van der Waals surface area contributed by atoms with Gasteiger partial charge in [-0.15, -0.1) is 11.8 Å². The van der Waals surface area contributed by atoms with E-state index in [4.69, 9.17) is 18.7 Å². The molecule has 0 aliphatic rings. The molecule has 0 unspecified atom stereocenters. The number of carboxylic acid groups (broad SMARTS) is 1. The molecule has 5 rings (SSSR count). The molecule has 0 aliphatic heterocycles. The van der Waals surface area contributed by atoms with Crippen LogP contribution in [0.2, 0.25) is 0 Å². The van der Waals surface area contributed by atoms with Crippen LogP contribution in [0.5, 0.6) is 5.75 Å². The fraction of sp³-hybridized carbons (Fsp3) is 0.121. The normalized spacial score (nSPS) is 10.8. The lowest BCUT2D eigenvalue weighted by Gasteiger charge is -2.11. The molecule has 0 saturated carbocycles. The predicted octanol–water partition coefficient (Wildman–Crippen LogP) is 8.51. The fourth-order valence-electron chi connectivity index (χ4n) is 4.21. The maximum atomic E-state index is 10.7. The zero-order valence-corrected chi connectivity index (χ0v) is 22.5. The molecule has 5 aromatic rings. The van der Waals surface area contributed by atoms with E-state index in [2.05, 4.69) is 54.6 Å². The third kappa shape index (κ3) is 6.72. The summed E-state index contributed by atoms with van der Waals surface area (Å²) in [7, 11) is 0. The number of aryl methyl sites for hydroxylation is 2. The Morgan fingerprint density at radius 1 is 0.744 bits per heavy atom. The first-order chi connectivity index (χ1) is 18.9. The lowest BCUT2D eigenvalue weighted by molar-refractivity contribution is -0.139. The zero-order valence-electron chi connectivity index (χ0n) is 21.7. The molecule has 6 heteroatoms. The molecule has 2 aromatic heterocycles. The average Bonchev–Trinajstić information content (AvgIpc) is 3.59. The first kappa shape index (κ1) is 26.2. The van der Waals surface area contributed by atoms with Crippen LogP contribution in [-0.2, 0) is 4.79 Å². The Kier molecular flexibility index (Phi) is 8.04. The van der Waals surface area contributed by atoms with Gasteiger partial charge in [-0.25, -0.2) is 4.79 Å². The molecule has 5 nitrogen and oxygen atoms in total. The Morgan fingerprint density at radius 3 is 1.69 bits per heavy atom. The second-order valence-electron chi connectivity index (χ2n) is 9.06. The third-order valence-electron chi connectivity index (χ3n) is 6.17. The minimum absolute atomic E-state index is 0.352. The van der Waals surface area contributed by atoms with E-state index >= 15 is 0 Å². The van der Waals surface area contributed by atoms with E-state index in [-0.39, 0.29) is 6.61 Å². The standard InChI is InChI=1S/C33H28O5S/c1-22-3-17-31(37-22)26-9-5-24(6-10-26)30(25-7-11-27(12-8-25)32-18-4-23(2)38-32)19-20-39-29-15-13-28(14-16-29)36-21-33(34)35/h3-19H,20-21H2,1-2H3,(H,34,35). The Labute approximate surface area is 231 Å². The zero-order chi connectivity index (χ0) is 27.2. The van der Waals surface area contributed by atoms with Gasteiger partial charge in [-0.3, -0.25) is 0 Å². The number of hydrogen-bond donors (Lipinski definition) is 1. The molecule has 0 fully saturated rings. The van der Waals surface area contributed by atoms with Crippen molar-refractivity contribution in [3.05, 3.63) is 126 Å². The van der Waals surface area contributed by atoms with Gasteiger partial charge >= 0.3 is 5.97 Å². The molecule has 0 saturated heterocycles. The number of furan rings is 2. The molecule has 0 aliphatic carbocycles. The summed E-state index contributed by atoms with van der Waals surface area (Å²) >= 11 is 1.70. The van der Waals surface area contributed by atoms with Crippen molar-refractivity contribution >= 4 is 23.3 Å². The molecule has 1 N–H and O–H groups in total. The molecular weight excluding hydrogens is 508 g/mol. The van der Waals surface area contributed by atoms with E-state index in [0.29, 0.717) is 5.75 Å². The molecule has 0 spiro atoms. The molecule has 196 valence electrons. The number of rotatable bonds is 10. The first-order valence-electron chi connectivity index (χ1n) is 12.6. The molecule has 2 heterocycles. The van der Waals surface area contributed by atoms with Crippen LogP contribution in [0.1, 0.15) is 22.6 Å². The van der Waals surface area contributed by atoms with Crippen molar-refractivity contribution in [3.63, 3.8) is 0 Å². The van der Waals surface area contributed by atoms with E-state index in [1.807, 2.05) is 50.2 Å². The highest BCUT2D eigenvalue weighted by molar-refractivity contribution is 7.99. The van der Waals surface area contributed by atoms with E-state index in [0.717, 1.165) is 61.5 Å². The second kappa shape index (κ2) is 12.0. The minimum Gasteiger partial charge on any atom is -0.482 e. The molecule has 0 atom stereocenters. The quantitative estimate of drug-likeness (QED) is 0.180. The van der Waals surface area contributed by atoms with Crippen LogP contribution in [0, 0.1) is 13.8 Å². The van der Waals surface area contributed by atoms with Gasteiger partial charge in [0.05, 0.1) is 0 Å². The highest BCUT2D eigenvalue weighted by Gasteiger charge is 2.10. The number of carboxylic acids is 1. The number of carbonyl (C=O) groups is 1. The van der Waals surface area contributed by atoms with Gasteiger partial charge in [0.1, 0.15) is 28.8 Å². The number of ether oxygens (including phenoxy) is 1. The molecular formula is C33H28O5S. The molecule has 39 heavy (non-hydrogen) atoms. The Bertz CT molecular complexity index is 1490. The van der Waals surface area contributed by atoms with Crippen molar-refractivity contribution in [1.82, 2.24) is 0 Å². The van der Waals surface area contributed by atoms with Gasteiger partial charge in [-0.05, 0) is 79.1 Å². The maximum absolute atomic E-state index is 10.7. The summed E-state index contributed by atoms with van der Waals surface area (Å²) in [5.74, 6) is 3.79.